The Morgan fingerprint density at radius 2 is 2.29 bits per heavy atom. The second-order valence-corrected chi connectivity index (χ2v) is 5.38. The monoisotopic (exact) mass is 317 g/mol. The van der Waals surface area contributed by atoms with Gasteiger partial charge in [-0.1, -0.05) is 15.9 Å². The van der Waals surface area contributed by atoms with E-state index in [2.05, 4.69) is 15.9 Å². The zero-order chi connectivity index (χ0) is 12.4. The molecule has 1 aromatic carbocycles. The van der Waals surface area contributed by atoms with Crippen LogP contribution in [0.1, 0.15) is 12.0 Å². The molecule has 0 aromatic heterocycles. The predicted octanol–water partition coefficient (Wildman–Crippen LogP) is 2.53. The molecule has 1 aromatic rings. The minimum Gasteiger partial charge on any atom is -0.392 e. The van der Waals surface area contributed by atoms with Crippen molar-refractivity contribution in [1.29, 1.82) is 0 Å². The van der Waals surface area contributed by atoms with Gasteiger partial charge < -0.3 is 10.0 Å². The van der Waals surface area contributed by atoms with Crippen LogP contribution in [0.4, 0.5) is 5.69 Å². The van der Waals surface area contributed by atoms with Crippen LogP contribution >= 0.6 is 27.5 Å². The summed E-state index contributed by atoms with van der Waals surface area (Å²) in [5.74, 6) is 0.778. The SMILES string of the molecule is O=C1CC(CCl)CN1c1ccc(Br)cc1CO. The van der Waals surface area contributed by atoms with Crippen molar-refractivity contribution in [2.24, 2.45) is 5.92 Å². The molecule has 2 rings (SSSR count). The molecule has 1 unspecified atom stereocenters. The lowest BCUT2D eigenvalue weighted by Crippen LogP contribution is -2.25. The average Bonchev–Trinajstić information content (AvgIpc) is 2.70. The molecule has 92 valence electrons. The van der Waals surface area contributed by atoms with Gasteiger partial charge in [-0.3, -0.25) is 4.79 Å². The Bertz CT molecular complexity index is 439. The maximum atomic E-state index is 11.9. The summed E-state index contributed by atoms with van der Waals surface area (Å²) in [6.45, 7) is 0.557. The van der Waals surface area contributed by atoms with Crippen molar-refractivity contribution in [3.63, 3.8) is 0 Å². The highest BCUT2D eigenvalue weighted by Crippen LogP contribution is 2.30. The van der Waals surface area contributed by atoms with E-state index in [0.717, 1.165) is 15.7 Å². The number of aliphatic hydroxyl groups excluding tert-OH is 1. The number of nitrogens with zero attached hydrogens (tertiary/aromatic N) is 1. The molecule has 1 aliphatic heterocycles. The van der Waals surface area contributed by atoms with E-state index < -0.39 is 0 Å². The zero-order valence-electron chi connectivity index (χ0n) is 9.20. The Morgan fingerprint density at radius 3 is 2.88 bits per heavy atom. The Hall–Kier alpha value is -0.580. The van der Waals surface area contributed by atoms with Gasteiger partial charge in [0.25, 0.3) is 0 Å². The summed E-state index contributed by atoms with van der Waals surface area (Å²) in [4.78, 5) is 13.6. The van der Waals surface area contributed by atoms with E-state index in [0.29, 0.717) is 18.8 Å². The van der Waals surface area contributed by atoms with Crippen LogP contribution in [-0.4, -0.2) is 23.4 Å². The van der Waals surface area contributed by atoms with Crippen LogP contribution in [0, 0.1) is 5.92 Å². The molecule has 0 spiro atoms. The van der Waals surface area contributed by atoms with Gasteiger partial charge in [0.05, 0.1) is 6.61 Å². The van der Waals surface area contributed by atoms with Crippen LogP contribution in [0.5, 0.6) is 0 Å². The molecule has 0 radical (unpaired) electrons. The van der Waals surface area contributed by atoms with E-state index >= 15 is 0 Å². The van der Waals surface area contributed by atoms with E-state index in [-0.39, 0.29) is 18.4 Å². The molecule has 1 aliphatic rings. The summed E-state index contributed by atoms with van der Waals surface area (Å²) < 4.78 is 0.894. The van der Waals surface area contributed by atoms with Gasteiger partial charge >= 0.3 is 0 Å². The first-order chi connectivity index (χ1) is 8.15. The fraction of sp³-hybridized carbons (Fsp3) is 0.417. The Balaban J connectivity index is 2.31. The summed E-state index contributed by atoms with van der Waals surface area (Å²) >= 11 is 9.14. The van der Waals surface area contributed by atoms with Crippen LogP contribution in [0.2, 0.25) is 0 Å². The van der Waals surface area contributed by atoms with Crippen molar-refractivity contribution in [3.05, 3.63) is 28.2 Å². The third-order valence-electron chi connectivity index (χ3n) is 2.93. The number of amides is 1. The van der Waals surface area contributed by atoms with Crippen molar-refractivity contribution >= 4 is 39.1 Å². The summed E-state index contributed by atoms with van der Waals surface area (Å²) in [6.07, 6.45) is 0.491. The summed E-state index contributed by atoms with van der Waals surface area (Å²) in [5, 5.41) is 9.33. The third-order valence-corrected chi connectivity index (χ3v) is 3.86. The smallest absolute Gasteiger partial charge is 0.227 e. The van der Waals surface area contributed by atoms with E-state index in [9.17, 15) is 9.90 Å². The number of benzene rings is 1. The molecular formula is C12H13BrClNO2. The number of rotatable bonds is 3. The van der Waals surface area contributed by atoms with Gasteiger partial charge in [-0.2, -0.15) is 0 Å². The molecule has 3 nitrogen and oxygen atoms in total. The molecule has 1 amide bonds. The highest BCUT2D eigenvalue weighted by molar-refractivity contribution is 9.10. The number of carbonyl (C=O) groups is 1. The standard InChI is InChI=1S/C12H13BrClNO2/c13-10-1-2-11(9(4-10)7-16)15-6-8(5-14)3-12(15)17/h1-2,4,8,16H,3,5-7H2. The maximum absolute atomic E-state index is 11.9. The first-order valence-corrected chi connectivity index (χ1v) is 6.74. The van der Waals surface area contributed by atoms with Crippen molar-refractivity contribution in [1.82, 2.24) is 0 Å². The first-order valence-electron chi connectivity index (χ1n) is 5.41. The molecule has 17 heavy (non-hydrogen) atoms. The van der Waals surface area contributed by atoms with Gasteiger partial charge in [0.15, 0.2) is 0 Å². The zero-order valence-corrected chi connectivity index (χ0v) is 11.5. The molecule has 1 atom stereocenters. The quantitative estimate of drug-likeness (QED) is 0.870. The molecule has 0 saturated carbocycles. The highest BCUT2D eigenvalue weighted by Gasteiger charge is 2.30. The minimum atomic E-state index is -0.0793. The van der Waals surface area contributed by atoms with E-state index in [1.54, 1.807) is 4.90 Å². The van der Waals surface area contributed by atoms with Gasteiger partial charge in [-0.15, -0.1) is 11.6 Å². The molecule has 5 heteroatoms. The van der Waals surface area contributed by atoms with Gasteiger partial charge in [-0.05, 0) is 24.1 Å². The lowest BCUT2D eigenvalue weighted by atomic mass is 10.1. The first kappa shape index (κ1) is 12.9. The van der Waals surface area contributed by atoms with Crippen molar-refractivity contribution in [3.8, 4) is 0 Å². The summed E-state index contributed by atoms with van der Waals surface area (Å²) in [7, 11) is 0. The number of anilines is 1. The normalized spacial score (nSPS) is 20.1. The lowest BCUT2D eigenvalue weighted by molar-refractivity contribution is -0.117. The Kier molecular flexibility index (Phi) is 4.07. The second-order valence-electron chi connectivity index (χ2n) is 4.16. The fourth-order valence-corrected chi connectivity index (χ4v) is 2.68. The van der Waals surface area contributed by atoms with Gasteiger partial charge in [0, 0.05) is 34.6 Å². The second kappa shape index (κ2) is 5.38. The average molecular weight is 319 g/mol. The van der Waals surface area contributed by atoms with Crippen molar-refractivity contribution < 1.29 is 9.90 Å². The van der Waals surface area contributed by atoms with Crippen LogP contribution in [0.3, 0.4) is 0 Å². The number of aliphatic hydroxyl groups is 1. The number of alkyl halides is 1. The van der Waals surface area contributed by atoms with E-state index in [4.69, 9.17) is 11.6 Å². The lowest BCUT2D eigenvalue weighted by Gasteiger charge is -2.19. The topological polar surface area (TPSA) is 40.5 Å². The molecule has 0 aliphatic carbocycles. The molecule has 1 N–H and O–H groups in total. The molecule has 1 fully saturated rings. The predicted molar refractivity (Wildman–Crippen MR) is 71.2 cm³/mol. The Morgan fingerprint density at radius 1 is 1.53 bits per heavy atom. The molecule has 0 bridgehead atoms. The highest BCUT2D eigenvalue weighted by atomic mass is 79.9. The molecular weight excluding hydrogens is 305 g/mol. The molecule has 1 saturated heterocycles. The number of carbonyl (C=O) groups excluding carboxylic acids is 1. The number of halogens is 2. The summed E-state index contributed by atoms with van der Waals surface area (Å²) in [5.41, 5.74) is 1.54. The largest absolute Gasteiger partial charge is 0.392 e. The van der Waals surface area contributed by atoms with Crippen molar-refractivity contribution in [2.45, 2.75) is 13.0 Å². The van der Waals surface area contributed by atoms with Gasteiger partial charge in [-0.25, -0.2) is 0 Å². The van der Waals surface area contributed by atoms with Crippen molar-refractivity contribution in [2.75, 3.05) is 17.3 Å². The fourth-order valence-electron chi connectivity index (χ4n) is 2.06. The maximum Gasteiger partial charge on any atom is 0.227 e. The van der Waals surface area contributed by atoms with Crippen LogP contribution < -0.4 is 4.90 Å². The van der Waals surface area contributed by atoms with Gasteiger partial charge in [0.2, 0.25) is 5.91 Å². The van der Waals surface area contributed by atoms with E-state index in [1.807, 2.05) is 18.2 Å². The number of hydrogen-bond donors (Lipinski definition) is 1. The number of hydrogen-bond acceptors (Lipinski definition) is 2. The van der Waals surface area contributed by atoms with Crippen LogP contribution in [-0.2, 0) is 11.4 Å². The van der Waals surface area contributed by atoms with Crippen LogP contribution in [0.25, 0.3) is 0 Å². The molecule has 1 heterocycles. The third kappa shape index (κ3) is 2.64. The Labute approximate surface area is 114 Å². The van der Waals surface area contributed by atoms with Gasteiger partial charge in [0.1, 0.15) is 0 Å². The van der Waals surface area contributed by atoms with E-state index in [1.165, 1.54) is 0 Å². The van der Waals surface area contributed by atoms with Crippen LogP contribution in [0.15, 0.2) is 22.7 Å². The minimum absolute atomic E-state index is 0.0765. The summed E-state index contributed by atoms with van der Waals surface area (Å²) in [6, 6.07) is 5.55.